The van der Waals surface area contributed by atoms with Gasteiger partial charge in [-0.05, 0) is 37.8 Å². The second kappa shape index (κ2) is 6.27. The molecule has 3 atom stereocenters. The standard InChI is InChI=1S/C20H24N4O2/c1-20-13-16(14-7-4-3-5-8-14)24(17(20)9-6-10-18(25)21-20)19(26)15-11-12-23(2)22-15/h3-5,7-8,11-12,16-17H,6,9-10,13H2,1-2H3,(H,21,25)/t16-,17-,20-/m0/s1. The number of hydrogen-bond acceptors (Lipinski definition) is 3. The number of rotatable bonds is 2. The Morgan fingerprint density at radius 1 is 1.27 bits per heavy atom. The Labute approximate surface area is 153 Å². The minimum absolute atomic E-state index is 0.0336. The number of fused-ring (bicyclic) bond motifs is 1. The first-order valence-corrected chi connectivity index (χ1v) is 9.16. The summed E-state index contributed by atoms with van der Waals surface area (Å²) in [6.45, 7) is 2.07. The van der Waals surface area contributed by atoms with Crippen LogP contribution >= 0.6 is 0 Å². The van der Waals surface area contributed by atoms with Gasteiger partial charge in [0.2, 0.25) is 5.91 Å². The van der Waals surface area contributed by atoms with E-state index in [9.17, 15) is 9.59 Å². The van der Waals surface area contributed by atoms with Crippen molar-refractivity contribution in [1.29, 1.82) is 0 Å². The molecule has 4 rings (SSSR count). The molecule has 0 saturated carbocycles. The van der Waals surface area contributed by atoms with Gasteiger partial charge < -0.3 is 10.2 Å². The number of aryl methyl sites for hydroxylation is 1. The number of carbonyl (C=O) groups excluding carboxylic acids is 2. The second-order valence-corrected chi connectivity index (χ2v) is 7.59. The lowest BCUT2D eigenvalue weighted by Crippen LogP contribution is -2.54. The predicted octanol–water partition coefficient (Wildman–Crippen LogP) is 2.43. The van der Waals surface area contributed by atoms with Crippen LogP contribution in [0.5, 0.6) is 0 Å². The first kappa shape index (κ1) is 16.8. The van der Waals surface area contributed by atoms with Crippen LogP contribution in [0.2, 0.25) is 0 Å². The Bertz CT molecular complexity index is 831. The molecule has 26 heavy (non-hydrogen) atoms. The van der Waals surface area contributed by atoms with Crippen LogP contribution in [0, 0.1) is 0 Å². The number of hydrogen-bond donors (Lipinski definition) is 1. The van der Waals surface area contributed by atoms with Crippen molar-refractivity contribution in [3.05, 3.63) is 53.9 Å². The highest BCUT2D eigenvalue weighted by atomic mass is 16.2. The lowest BCUT2D eigenvalue weighted by molar-refractivity contribution is -0.122. The van der Waals surface area contributed by atoms with Crippen molar-refractivity contribution in [2.75, 3.05) is 0 Å². The van der Waals surface area contributed by atoms with Crippen LogP contribution in [0.3, 0.4) is 0 Å². The topological polar surface area (TPSA) is 67.2 Å². The fourth-order valence-electron chi connectivity index (χ4n) is 4.49. The predicted molar refractivity (Wildman–Crippen MR) is 97.4 cm³/mol. The van der Waals surface area contributed by atoms with E-state index in [4.69, 9.17) is 0 Å². The maximum absolute atomic E-state index is 13.4. The van der Waals surface area contributed by atoms with E-state index in [1.165, 1.54) is 0 Å². The van der Waals surface area contributed by atoms with E-state index in [-0.39, 0.29) is 23.9 Å². The van der Waals surface area contributed by atoms with Gasteiger partial charge in [0.05, 0.1) is 17.6 Å². The average Bonchev–Trinajstić information content (AvgIpc) is 3.13. The quantitative estimate of drug-likeness (QED) is 0.903. The van der Waals surface area contributed by atoms with Gasteiger partial charge in [0.1, 0.15) is 5.69 Å². The molecule has 0 radical (unpaired) electrons. The van der Waals surface area contributed by atoms with Gasteiger partial charge in [-0.25, -0.2) is 0 Å². The van der Waals surface area contributed by atoms with E-state index < -0.39 is 5.54 Å². The van der Waals surface area contributed by atoms with Gasteiger partial charge in [-0.1, -0.05) is 30.3 Å². The van der Waals surface area contributed by atoms with E-state index in [0.29, 0.717) is 18.5 Å². The zero-order valence-corrected chi connectivity index (χ0v) is 15.2. The highest BCUT2D eigenvalue weighted by Crippen LogP contribution is 2.45. The third-order valence-corrected chi connectivity index (χ3v) is 5.68. The number of benzene rings is 1. The lowest BCUT2D eigenvalue weighted by atomic mass is 9.88. The van der Waals surface area contributed by atoms with Crippen LogP contribution in [0.1, 0.15) is 54.7 Å². The number of amides is 2. The van der Waals surface area contributed by atoms with Gasteiger partial charge in [0.15, 0.2) is 0 Å². The van der Waals surface area contributed by atoms with Crippen LogP contribution < -0.4 is 5.32 Å². The van der Waals surface area contributed by atoms with Crippen LogP contribution in [0.25, 0.3) is 0 Å². The monoisotopic (exact) mass is 352 g/mol. The summed E-state index contributed by atoms with van der Waals surface area (Å²) in [5, 5.41) is 7.52. The molecule has 2 fully saturated rings. The number of nitrogens with one attached hydrogen (secondary N) is 1. The lowest BCUT2D eigenvalue weighted by Gasteiger charge is -2.34. The summed E-state index contributed by atoms with van der Waals surface area (Å²) in [6, 6.07) is 11.7. The highest BCUT2D eigenvalue weighted by Gasteiger charge is 2.53. The normalized spacial score (nSPS) is 28.4. The molecule has 6 heteroatoms. The fraction of sp³-hybridized carbons (Fsp3) is 0.450. The molecule has 136 valence electrons. The third kappa shape index (κ3) is 2.79. The Balaban J connectivity index is 1.77. The fourth-order valence-corrected chi connectivity index (χ4v) is 4.49. The van der Waals surface area contributed by atoms with Gasteiger partial charge in [-0.2, -0.15) is 5.10 Å². The van der Waals surface area contributed by atoms with Crippen LogP contribution in [-0.4, -0.2) is 38.1 Å². The summed E-state index contributed by atoms with van der Waals surface area (Å²) < 4.78 is 1.65. The van der Waals surface area contributed by atoms with Gasteiger partial charge >= 0.3 is 0 Å². The SMILES string of the molecule is Cn1ccc(C(=O)N2[C@H]3CCCC(=O)N[C@@]3(C)C[C@H]2c2ccccc2)n1. The molecule has 2 aromatic rings. The smallest absolute Gasteiger partial charge is 0.275 e. The van der Waals surface area contributed by atoms with Crippen molar-refractivity contribution in [3.8, 4) is 0 Å². The van der Waals surface area contributed by atoms with Crippen LogP contribution in [0.4, 0.5) is 0 Å². The number of nitrogens with zero attached hydrogens (tertiary/aromatic N) is 3. The molecule has 2 aliphatic heterocycles. The molecule has 1 aromatic heterocycles. The molecule has 0 bridgehead atoms. The second-order valence-electron chi connectivity index (χ2n) is 7.59. The van der Waals surface area contributed by atoms with Crippen molar-refractivity contribution in [2.45, 2.75) is 50.2 Å². The summed E-state index contributed by atoms with van der Waals surface area (Å²) >= 11 is 0. The van der Waals surface area contributed by atoms with E-state index in [1.54, 1.807) is 16.9 Å². The summed E-state index contributed by atoms with van der Waals surface area (Å²) in [5.74, 6) is 0.0123. The molecule has 2 aliphatic rings. The van der Waals surface area contributed by atoms with Crippen molar-refractivity contribution in [2.24, 2.45) is 7.05 Å². The van der Waals surface area contributed by atoms with E-state index in [2.05, 4.69) is 29.5 Å². The van der Waals surface area contributed by atoms with Crippen LogP contribution in [0.15, 0.2) is 42.6 Å². The van der Waals surface area contributed by atoms with E-state index in [0.717, 1.165) is 18.4 Å². The maximum atomic E-state index is 13.4. The molecule has 0 aliphatic carbocycles. The zero-order valence-electron chi connectivity index (χ0n) is 15.2. The number of carbonyl (C=O) groups is 2. The van der Waals surface area contributed by atoms with Crippen molar-refractivity contribution >= 4 is 11.8 Å². The first-order chi connectivity index (χ1) is 12.5. The Kier molecular flexibility index (Phi) is 4.05. The summed E-state index contributed by atoms with van der Waals surface area (Å²) in [4.78, 5) is 27.5. The zero-order chi connectivity index (χ0) is 18.3. The molecular formula is C20H24N4O2. The van der Waals surface area contributed by atoms with Gasteiger partial charge in [-0.3, -0.25) is 14.3 Å². The van der Waals surface area contributed by atoms with Crippen molar-refractivity contribution in [1.82, 2.24) is 20.0 Å². The molecule has 6 nitrogen and oxygen atoms in total. The molecule has 0 spiro atoms. The summed E-state index contributed by atoms with van der Waals surface area (Å²) in [6.07, 6.45) is 4.63. The molecule has 0 unspecified atom stereocenters. The van der Waals surface area contributed by atoms with Crippen molar-refractivity contribution in [3.63, 3.8) is 0 Å². The third-order valence-electron chi connectivity index (χ3n) is 5.68. The first-order valence-electron chi connectivity index (χ1n) is 9.16. The Morgan fingerprint density at radius 3 is 2.73 bits per heavy atom. The largest absolute Gasteiger partial charge is 0.349 e. The molecule has 3 heterocycles. The molecular weight excluding hydrogens is 328 g/mol. The summed E-state index contributed by atoms with van der Waals surface area (Å²) in [7, 11) is 1.81. The Morgan fingerprint density at radius 2 is 2.04 bits per heavy atom. The molecule has 2 saturated heterocycles. The molecule has 1 aromatic carbocycles. The maximum Gasteiger partial charge on any atom is 0.275 e. The average molecular weight is 352 g/mol. The minimum Gasteiger partial charge on any atom is -0.349 e. The van der Waals surface area contributed by atoms with Crippen molar-refractivity contribution < 1.29 is 9.59 Å². The van der Waals surface area contributed by atoms with Crippen LogP contribution in [-0.2, 0) is 11.8 Å². The minimum atomic E-state index is -0.418. The number of likely N-dealkylation sites (tertiary alicyclic amines) is 1. The molecule has 2 amide bonds. The highest BCUT2D eigenvalue weighted by molar-refractivity contribution is 5.93. The number of aromatic nitrogens is 2. The summed E-state index contributed by atoms with van der Waals surface area (Å²) in [5.41, 5.74) is 1.13. The molecule has 1 N–H and O–H groups in total. The van der Waals surface area contributed by atoms with E-state index in [1.807, 2.05) is 30.1 Å². The van der Waals surface area contributed by atoms with E-state index >= 15 is 0 Å². The van der Waals surface area contributed by atoms with Gasteiger partial charge in [0, 0.05) is 19.7 Å². The van der Waals surface area contributed by atoms with Gasteiger partial charge in [0.25, 0.3) is 5.91 Å². The Hall–Kier alpha value is -2.63. The van der Waals surface area contributed by atoms with Gasteiger partial charge in [-0.15, -0.1) is 0 Å².